The number of hydrogen-bond donors (Lipinski definition) is 1. The first kappa shape index (κ1) is 13.9. The van der Waals surface area contributed by atoms with E-state index in [0.29, 0.717) is 10.9 Å². The van der Waals surface area contributed by atoms with Crippen molar-refractivity contribution in [2.75, 3.05) is 6.66 Å². The fraction of sp³-hybridized carbons (Fsp3) is 0.417. The van der Waals surface area contributed by atoms with Gasteiger partial charge in [-0.15, -0.1) is 0 Å². The van der Waals surface area contributed by atoms with Crippen LogP contribution in [0.15, 0.2) is 24.3 Å². The zero-order valence-corrected chi connectivity index (χ0v) is 11.3. The Hall–Kier alpha value is -1.12. The lowest BCUT2D eigenvalue weighted by atomic mass is 10.2. The Morgan fingerprint density at radius 1 is 1.24 bits per heavy atom. The first-order valence-corrected chi connectivity index (χ1v) is 7.34. The normalized spacial score (nSPS) is 15.1. The summed E-state index contributed by atoms with van der Waals surface area (Å²) in [6.07, 6.45) is 0. The molecular formula is C12H17O4P. The van der Waals surface area contributed by atoms with Crippen LogP contribution >= 0.6 is 7.37 Å². The average Bonchev–Trinajstić information content (AvgIpc) is 2.14. The van der Waals surface area contributed by atoms with E-state index in [2.05, 4.69) is 0 Å². The van der Waals surface area contributed by atoms with Crippen LogP contribution in [0.5, 0.6) is 0 Å². The fourth-order valence-corrected chi connectivity index (χ4v) is 1.91. The van der Waals surface area contributed by atoms with Crippen molar-refractivity contribution in [2.45, 2.75) is 26.4 Å². The predicted molar refractivity (Wildman–Crippen MR) is 67.0 cm³/mol. The molecule has 1 aromatic rings. The lowest BCUT2D eigenvalue weighted by Crippen LogP contribution is -2.24. The van der Waals surface area contributed by atoms with Gasteiger partial charge in [-0.3, -0.25) is 4.57 Å². The fourth-order valence-electron chi connectivity index (χ4n) is 1.21. The summed E-state index contributed by atoms with van der Waals surface area (Å²) in [5.74, 6) is -0.437. The first-order valence-electron chi connectivity index (χ1n) is 5.24. The highest BCUT2D eigenvalue weighted by Crippen LogP contribution is 2.33. The van der Waals surface area contributed by atoms with E-state index in [0.717, 1.165) is 0 Å². The van der Waals surface area contributed by atoms with Crippen LogP contribution < -0.4 is 5.30 Å². The quantitative estimate of drug-likeness (QED) is 0.650. The third-order valence-electron chi connectivity index (χ3n) is 1.98. The molecule has 1 unspecified atom stereocenters. The minimum absolute atomic E-state index is 0.324. The van der Waals surface area contributed by atoms with Crippen molar-refractivity contribution in [3.05, 3.63) is 29.8 Å². The molecule has 0 aliphatic carbocycles. The van der Waals surface area contributed by atoms with Gasteiger partial charge in [0.25, 0.3) is 0 Å². The summed E-state index contributed by atoms with van der Waals surface area (Å²) >= 11 is 0. The largest absolute Gasteiger partial charge is 0.456 e. The Morgan fingerprint density at radius 3 is 2.06 bits per heavy atom. The number of carbonyl (C=O) groups excluding carboxylic acids is 1. The molecule has 4 nitrogen and oxygen atoms in total. The smallest absolute Gasteiger partial charge is 0.338 e. The van der Waals surface area contributed by atoms with E-state index in [9.17, 15) is 14.3 Å². The lowest BCUT2D eigenvalue weighted by molar-refractivity contribution is 0.00695. The molecule has 1 aromatic carbocycles. The van der Waals surface area contributed by atoms with E-state index >= 15 is 0 Å². The minimum Gasteiger partial charge on any atom is -0.456 e. The molecule has 1 atom stereocenters. The lowest BCUT2D eigenvalue weighted by Gasteiger charge is -2.19. The van der Waals surface area contributed by atoms with Gasteiger partial charge in [0.2, 0.25) is 7.37 Å². The number of rotatable bonds is 2. The number of esters is 1. The molecule has 0 radical (unpaired) electrons. The van der Waals surface area contributed by atoms with Gasteiger partial charge in [-0.05, 0) is 45.0 Å². The van der Waals surface area contributed by atoms with Crippen LogP contribution in [0, 0.1) is 0 Å². The van der Waals surface area contributed by atoms with Gasteiger partial charge < -0.3 is 9.63 Å². The number of ether oxygens (including phenoxy) is 1. The SMILES string of the molecule is CC(C)(C)OC(=O)c1ccc(P(C)(=O)O)cc1. The highest BCUT2D eigenvalue weighted by molar-refractivity contribution is 7.65. The molecule has 0 aliphatic rings. The van der Waals surface area contributed by atoms with Gasteiger partial charge in [-0.2, -0.15) is 0 Å². The van der Waals surface area contributed by atoms with Crippen LogP contribution in [-0.4, -0.2) is 23.1 Å². The summed E-state index contributed by atoms with van der Waals surface area (Å²) in [5.41, 5.74) is -0.176. The van der Waals surface area contributed by atoms with E-state index in [1.807, 2.05) is 0 Å². The molecule has 0 fully saturated rings. The van der Waals surface area contributed by atoms with Crippen molar-refractivity contribution < 1.29 is 19.0 Å². The molecule has 0 saturated carbocycles. The highest BCUT2D eigenvalue weighted by atomic mass is 31.2. The molecule has 0 spiro atoms. The second kappa shape index (κ2) is 4.63. The number of hydrogen-bond acceptors (Lipinski definition) is 3. The summed E-state index contributed by atoms with van der Waals surface area (Å²) in [7, 11) is -3.26. The standard InChI is InChI=1S/C12H17O4P/c1-12(2,3)16-11(13)9-5-7-10(8-6-9)17(4,14)15/h5-8H,1-4H3,(H,14,15). The van der Waals surface area contributed by atoms with Gasteiger partial charge in [0.1, 0.15) is 5.60 Å². The zero-order valence-electron chi connectivity index (χ0n) is 10.4. The summed E-state index contributed by atoms with van der Waals surface area (Å²) in [4.78, 5) is 21.0. The van der Waals surface area contributed by atoms with Crippen molar-refractivity contribution in [1.29, 1.82) is 0 Å². The second-order valence-corrected chi connectivity index (χ2v) is 7.20. The monoisotopic (exact) mass is 256 g/mol. The van der Waals surface area contributed by atoms with E-state index in [1.54, 1.807) is 20.8 Å². The van der Waals surface area contributed by atoms with Crippen LogP contribution in [0.4, 0.5) is 0 Å². The maximum Gasteiger partial charge on any atom is 0.338 e. The summed E-state index contributed by atoms with van der Waals surface area (Å²) in [6.45, 7) is 6.61. The Bertz CT molecular complexity index is 450. The van der Waals surface area contributed by atoms with Gasteiger partial charge in [0.05, 0.1) is 5.56 Å². The van der Waals surface area contributed by atoms with E-state index < -0.39 is 18.9 Å². The molecule has 1 rings (SSSR count). The number of benzene rings is 1. The van der Waals surface area contributed by atoms with E-state index in [1.165, 1.54) is 30.9 Å². The van der Waals surface area contributed by atoms with Crippen LogP contribution in [0.25, 0.3) is 0 Å². The third-order valence-corrected chi connectivity index (χ3v) is 3.24. The van der Waals surface area contributed by atoms with Crippen LogP contribution in [0.2, 0.25) is 0 Å². The maximum absolute atomic E-state index is 11.7. The highest BCUT2D eigenvalue weighted by Gasteiger charge is 2.19. The minimum atomic E-state index is -3.26. The molecule has 17 heavy (non-hydrogen) atoms. The van der Waals surface area contributed by atoms with Crippen molar-refractivity contribution in [2.24, 2.45) is 0 Å². The topological polar surface area (TPSA) is 63.6 Å². The predicted octanol–water partition coefficient (Wildman–Crippen LogP) is 2.17. The van der Waals surface area contributed by atoms with Crippen LogP contribution in [-0.2, 0) is 9.30 Å². The number of carbonyl (C=O) groups is 1. The van der Waals surface area contributed by atoms with Crippen molar-refractivity contribution >= 4 is 18.6 Å². The van der Waals surface area contributed by atoms with Gasteiger partial charge in [-0.25, -0.2) is 4.79 Å². The Labute approximate surface area is 101 Å². The summed E-state index contributed by atoms with van der Waals surface area (Å²) in [5, 5.41) is 0.324. The van der Waals surface area contributed by atoms with Crippen molar-refractivity contribution in [3.63, 3.8) is 0 Å². The van der Waals surface area contributed by atoms with Gasteiger partial charge in [0, 0.05) is 12.0 Å². The first-order chi connectivity index (χ1) is 7.59. The van der Waals surface area contributed by atoms with E-state index in [-0.39, 0.29) is 0 Å². The third kappa shape index (κ3) is 4.33. The Kier molecular flexibility index (Phi) is 3.80. The second-order valence-electron chi connectivity index (χ2n) is 4.93. The molecular weight excluding hydrogens is 239 g/mol. The molecule has 5 heteroatoms. The van der Waals surface area contributed by atoms with Crippen LogP contribution in [0.3, 0.4) is 0 Å². The molecule has 0 amide bonds. The Morgan fingerprint density at radius 2 is 1.71 bits per heavy atom. The van der Waals surface area contributed by atoms with Crippen molar-refractivity contribution in [1.82, 2.24) is 0 Å². The molecule has 0 heterocycles. The molecule has 1 N–H and O–H groups in total. The molecule has 94 valence electrons. The molecule has 0 saturated heterocycles. The zero-order chi connectivity index (χ0) is 13.3. The summed E-state index contributed by atoms with van der Waals surface area (Å²) in [6, 6.07) is 5.94. The van der Waals surface area contributed by atoms with Gasteiger partial charge in [0.15, 0.2) is 0 Å². The maximum atomic E-state index is 11.7. The van der Waals surface area contributed by atoms with Crippen molar-refractivity contribution in [3.8, 4) is 0 Å². The molecule has 0 aromatic heterocycles. The molecule has 0 aliphatic heterocycles. The average molecular weight is 256 g/mol. The van der Waals surface area contributed by atoms with E-state index in [4.69, 9.17) is 4.74 Å². The van der Waals surface area contributed by atoms with Crippen LogP contribution in [0.1, 0.15) is 31.1 Å². The Balaban J connectivity index is 2.89. The molecule has 0 bridgehead atoms. The van der Waals surface area contributed by atoms with Gasteiger partial charge >= 0.3 is 5.97 Å². The summed E-state index contributed by atoms with van der Waals surface area (Å²) < 4.78 is 16.5. The van der Waals surface area contributed by atoms with Gasteiger partial charge in [-0.1, -0.05) is 0 Å².